The molecule has 1 aromatic heterocycles. The van der Waals surface area contributed by atoms with Crippen LogP contribution >= 0.6 is 0 Å². The van der Waals surface area contributed by atoms with Crippen molar-refractivity contribution < 1.29 is 22.5 Å². The number of carbonyl (C=O) groups is 1. The summed E-state index contributed by atoms with van der Waals surface area (Å²) in [5, 5.41) is 6.56. The van der Waals surface area contributed by atoms with Gasteiger partial charge >= 0.3 is 12.1 Å². The molecule has 2 aliphatic carbocycles. The molecule has 0 radical (unpaired) electrons. The molecular formula is C21H23F3N4O2. The Kier molecular flexibility index (Phi) is 4.61. The SMILES string of the molecule is O=C(NC1(CN2CCCC2C2CC2)CC1)c1ccc(-c2noc(C(F)(F)F)n2)cc1. The Morgan fingerprint density at radius 3 is 2.53 bits per heavy atom. The molecule has 9 heteroatoms. The van der Waals surface area contributed by atoms with Crippen LogP contribution in [0.25, 0.3) is 11.4 Å². The van der Waals surface area contributed by atoms with Gasteiger partial charge in [0.15, 0.2) is 0 Å². The van der Waals surface area contributed by atoms with E-state index in [1.54, 1.807) is 12.1 Å². The Balaban J connectivity index is 1.23. The van der Waals surface area contributed by atoms with Gasteiger partial charge in [-0.25, -0.2) is 0 Å². The van der Waals surface area contributed by atoms with E-state index in [1.165, 1.54) is 37.8 Å². The zero-order valence-corrected chi connectivity index (χ0v) is 16.4. The summed E-state index contributed by atoms with van der Waals surface area (Å²) in [5.41, 5.74) is 0.670. The third kappa shape index (κ3) is 3.95. The van der Waals surface area contributed by atoms with Crippen molar-refractivity contribution in [1.29, 1.82) is 0 Å². The number of nitrogens with one attached hydrogen (secondary N) is 1. The number of likely N-dealkylation sites (tertiary alicyclic amines) is 1. The highest BCUT2D eigenvalue weighted by atomic mass is 19.4. The molecule has 3 aliphatic rings. The molecule has 2 heterocycles. The van der Waals surface area contributed by atoms with E-state index in [4.69, 9.17) is 0 Å². The van der Waals surface area contributed by atoms with Crippen LogP contribution in [0.4, 0.5) is 13.2 Å². The van der Waals surface area contributed by atoms with E-state index in [2.05, 4.69) is 24.9 Å². The molecule has 1 amide bonds. The van der Waals surface area contributed by atoms with Gasteiger partial charge in [0.25, 0.3) is 5.91 Å². The van der Waals surface area contributed by atoms with E-state index in [1.807, 2.05) is 0 Å². The summed E-state index contributed by atoms with van der Waals surface area (Å²) in [6, 6.07) is 6.89. The van der Waals surface area contributed by atoms with E-state index < -0.39 is 12.1 Å². The van der Waals surface area contributed by atoms with Crippen molar-refractivity contribution in [3.05, 3.63) is 35.7 Å². The molecule has 6 nitrogen and oxygen atoms in total. The minimum absolute atomic E-state index is 0.150. The van der Waals surface area contributed by atoms with Gasteiger partial charge < -0.3 is 9.84 Å². The molecular weight excluding hydrogens is 397 g/mol. The molecule has 3 fully saturated rings. The average molecular weight is 420 g/mol. The van der Waals surface area contributed by atoms with Crippen LogP contribution in [-0.4, -0.2) is 45.6 Å². The number of alkyl halides is 3. The topological polar surface area (TPSA) is 71.3 Å². The maximum Gasteiger partial charge on any atom is 0.471 e. The molecule has 1 aromatic carbocycles. The number of halogens is 3. The average Bonchev–Trinajstić information content (AvgIpc) is 3.58. The second-order valence-electron chi connectivity index (χ2n) is 8.75. The Morgan fingerprint density at radius 2 is 1.93 bits per heavy atom. The normalized spacial score (nSPS) is 23.5. The van der Waals surface area contributed by atoms with Crippen LogP contribution in [-0.2, 0) is 6.18 Å². The molecule has 2 saturated carbocycles. The second-order valence-corrected chi connectivity index (χ2v) is 8.75. The lowest BCUT2D eigenvalue weighted by Gasteiger charge is -2.29. The predicted octanol–water partition coefficient (Wildman–Crippen LogP) is 3.89. The van der Waals surface area contributed by atoms with E-state index in [-0.39, 0.29) is 17.3 Å². The standard InChI is InChI=1S/C21H23F3N4O2/c22-21(23,24)19-25-17(27-30-19)14-5-7-15(8-6-14)18(29)26-20(9-10-20)12-28-11-1-2-16(28)13-3-4-13/h5-8,13,16H,1-4,9-12H2,(H,26,29). The van der Waals surface area contributed by atoms with Gasteiger partial charge in [0.1, 0.15) is 0 Å². The van der Waals surface area contributed by atoms with Crippen molar-refractivity contribution in [2.75, 3.05) is 13.1 Å². The smallest absolute Gasteiger partial charge is 0.345 e. The first kappa shape index (κ1) is 19.5. The Bertz CT molecular complexity index is 932. The molecule has 0 spiro atoms. The number of aromatic nitrogens is 2. The van der Waals surface area contributed by atoms with Crippen molar-refractivity contribution >= 4 is 5.91 Å². The molecule has 1 unspecified atom stereocenters. The maximum atomic E-state index is 12.8. The minimum Gasteiger partial charge on any atom is -0.345 e. The predicted molar refractivity (Wildman–Crippen MR) is 101 cm³/mol. The summed E-state index contributed by atoms with van der Waals surface area (Å²) in [7, 11) is 0. The van der Waals surface area contributed by atoms with Crippen molar-refractivity contribution in [3.63, 3.8) is 0 Å². The van der Waals surface area contributed by atoms with Gasteiger partial charge in [-0.3, -0.25) is 9.69 Å². The highest BCUT2D eigenvalue weighted by molar-refractivity contribution is 5.95. The zero-order valence-electron chi connectivity index (χ0n) is 16.4. The summed E-state index contributed by atoms with van der Waals surface area (Å²) < 4.78 is 42.1. The van der Waals surface area contributed by atoms with Crippen molar-refractivity contribution in [1.82, 2.24) is 20.4 Å². The molecule has 1 saturated heterocycles. The fourth-order valence-electron chi connectivity index (χ4n) is 4.46. The first-order valence-corrected chi connectivity index (χ1v) is 10.4. The fraction of sp³-hybridized carbons (Fsp3) is 0.571. The Hall–Kier alpha value is -2.42. The number of hydrogen-bond donors (Lipinski definition) is 1. The van der Waals surface area contributed by atoms with Gasteiger partial charge in [0.2, 0.25) is 5.82 Å². The molecule has 2 aromatic rings. The van der Waals surface area contributed by atoms with Crippen LogP contribution in [0.5, 0.6) is 0 Å². The molecule has 5 rings (SSSR count). The van der Waals surface area contributed by atoms with Crippen LogP contribution in [0.3, 0.4) is 0 Å². The van der Waals surface area contributed by atoms with Crippen LogP contribution in [0.2, 0.25) is 0 Å². The first-order valence-electron chi connectivity index (χ1n) is 10.4. The minimum atomic E-state index is -4.68. The van der Waals surface area contributed by atoms with Gasteiger partial charge in [-0.15, -0.1) is 0 Å². The number of amides is 1. The molecule has 0 bridgehead atoms. The van der Waals surface area contributed by atoms with Gasteiger partial charge in [-0.05, 0) is 63.1 Å². The fourth-order valence-corrected chi connectivity index (χ4v) is 4.46. The lowest BCUT2D eigenvalue weighted by Crippen LogP contribution is -2.47. The van der Waals surface area contributed by atoms with Gasteiger partial charge in [0.05, 0.1) is 5.54 Å². The summed E-state index contributed by atoms with van der Waals surface area (Å²) in [4.78, 5) is 18.7. The van der Waals surface area contributed by atoms with Crippen molar-refractivity contribution in [2.45, 2.75) is 56.3 Å². The van der Waals surface area contributed by atoms with E-state index in [0.29, 0.717) is 17.2 Å². The Labute approximate surface area is 171 Å². The highest BCUT2D eigenvalue weighted by Gasteiger charge is 2.48. The lowest BCUT2D eigenvalue weighted by molar-refractivity contribution is -0.159. The number of hydrogen-bond acceptors (Lipinski definition) is 5. The van der Waals surface area contributed by atoms with E-state index in [9.17, 15) is 18.0 Å². The first-order chi connectivity index (χ1) is 14.3. The number of nitrogens with zero attached hydrogens (tertiary/aromatic N) is 3. The van der Waals surface area contributed by atoms with Crippen molar-refractivity contribution in [3.8, 4) is 11.4 Å². The number of rotatable bonds is 6. The molecule has 1 N–H and O–H groups in total. The Morgan fingerprint density at radius 1 is 1.20 bits per heavy atom. The zero-order chi connectivity index (χ0) is 20.9. The third-order valence-corrected chi connectivity index (χ3v) is 6.39. The van der Waals surface area contributed by atoms with Gasteiger partial charge in [0, 0.05) is 23.7 Å². The highest BCUT2D eigenvalue weighted by Crippen LogP contribution is 2.43. The molecule has 1 aliphatic heterocycles. The summed E-state index contributed by atoms with van der Waals surface area (Å²) in [5.74, 6) is -0.866. The van der Waals surface area contributed by atoms with Crippen LogP contribution in [0.1, 0.15) is 54.8 Å². The van der Waals surface area contributed by atoms with Crippen LogP contribution in [0, 0.1) is 5.92 Å². The molecule has 30 heavy (non-hydrogen) atoms. The van der Waals surface area contributed by atoms with Crippen molar-refractivity contribution in [2.24, 2.45) is 5.92 Å². The lowest BCUT2D eigenvalue weighted by atomic mass is 10.1. The monoisotopic (exact) mass is 420 g/mol. The van der Waals surface area contributed by atoms with E-state index in [0.717, 1.165) is 31.8 Å². The van der Waals surface area contributed by atoms with E-state index >= 15 is 0 Å². The summed E-state index contributed by atoms with van der Waals surface area (Å²) in [6.45, 7) is 2.01. The quantitative estimate of drug-likeness (QED) is 0.768. The summed E-state index contributed by atoms with van der Waals surface area (Å²) >= 11 is 0. The molecule has 1 atom stereocenters. The third-order valence-electron chi connectivity index (χ3n) is 6.39. The van der Waals surface area contributed by atoms with Gasteiger partial charge in [-0.2, -0.15) is 18.2 Å². The summed E-state index contributed by atoms with van der Waals surface area (Å²) in [6.07, 6.45) is 2.44. The largest absolute Gasteiger partial charge is 0.471 e. The number of carbonyl (C=O) groups excluding carboxylic acids is 1. The second kappa shape index (κ2) is 7.08. The number of benzene rings is 1. The maximum absolute atomic E-state index is 12.8. The van der Waals surface area contributed by atoms with Crippen LogP contribution in [0.15, 0.2) is 28.8 Å². The molecule has 160 valence electrons. The van der Waals surface area contributed by atoms with Crippen LogP contribution < -0.4 is 5.32 Å². The van der Waals surface area contributed by atoms with Gasteiger partial charge in [-0.1, -0.05) is 17.3 Å².